The largest absolute Gasteiger partial charge is 0.356 e. The second-order valence-corrected chi connectivity index (χ2v) is 7.01. The molecule has 1 N–H and O–H groups in total. The lowest BCUT2D eigenvalue weighted by molar-refractivity contribution is 0.330. The van der Waals surface area contributed by atoms with Gasteiger partial charge in [-0.1, -0.05) is 0 Å². The predicted octanol–water partition coefficient (Wildman–Crippen LogP) is 2.95. The molecule has 2 heterocycles. The molecule has 2 rings (SSSR count). The van der Waals surface area contributed by atoms with E-state index in [9.17, 15) is 0 Å². The van der Waals surface area contributed by atoms with Gasteiger partial charge < -0.3 is 15.1 Å². The highest BCUT2D eigenvalue weighted by molar-refractivity contribution is 14.0. The fraction of sp³-hybridized carbons (Fsp3) is 0.750. The predicted molar refractivity (Wildman–Crippen MR) is 110 cm³/mol. The zero-order chi connectivity index (χ0) is 15.8. The molecule has 1 aliphatic rings. The maximum absolute atomic E-state index is 4.51. The fourth-order valence-electron chi connectivity index (χ4n) is 2.85. The van der Waals surface area contributed by atoms with Crippen LogP contribution in [0.2, 0.25) is 0 Å². The number of likely N-dealkylation sites (tertiary alicyclic amines) is 1. The Labute approximate surface area is 161 Å². The normalized spacial score (nSPS) is 15.5. The molecule has 0 atom stereocenters. The Morgan fingerprint density at radius 3 is 2.74 bits per heavy atom. The van der Waals surface area contributed by atoms with Gasteiger partial charge in [0.1, 0.15) is 0 Å². The molecule has 0 unspecified atom stereocenters. The lowest BCUT2D eigenvalue weighted by atomic mass is 10.3. The van der Waals surface area contributed by atoms with E-state index in [-0.39, 0.29) is 24.0 Å². The number of hydrogen-bond donors (Lipinski definition) is 1. The van der Waals surface area contributed by atoms with Crippen LogP contribution >= 0.6 is 35.3 Å². The second kappa shape index (κ2) is 11.2. The van der Waals surface area contributed by atoms with Gasteiger partial charge in [-0.05, 0) is 52.2 Å². The summed E-state index contributed by atoms with van der Waals surface area (Å²) in [4.78, 5) is 13.6. The van der Waals surface area contributed by atoms with Crippen LogP contribution in [-0.4, -0.2) is 61.0 Å². The van der Waals surface area contributed by atoms with Gasteiger partial charge >= 0.3 is 0 Å². The molecule has 0 saturated carbocycles. The minimum atomic E-state index is 0. The number of guanidine groups is 1. The van der Waals surface area contributed by atoms with Gasteiger partial charge in [-0.25, -0.2) is 4.98 Å². The molecule has 0 amide bonds. The number of nitrogens with zero attached hydrogens (tertiary/aromatic N) is 4. The molecule has 132 valence electrons. The van der Waals surface area contributed by atoms with Crippen LogP contribution in [0, 0.1) is 6.92 Å². The summed E-state index contributed by atoms with van der Waals surface area (Å²) in [6, 6.07) is 0. The molecule has 5 nitrogen and oxygen atoms in total. The molecule has 7 heteroatoms. The van der Waals surface area contributed by atoms with Crippen LogP contribution in [0.15, 0.2) is 10.4 Å². The molecule has 1 saturated heterocycles. The summed E-state index contributed by atoms with van der Waals surface area (Å²) >= 11 is 1.70. The van der Waals surface area contributed by atoms with Crippen molar-refractivity contribution in [2.75, 3.05) is 40.3 Å². The third-order valence-corrected chi connectivity index (χ3v) is 4.84. The molecule has 0 aromatic carbocycles. The van der Waals surface area contributed by atoms with Crippen LogP contribution < -0.4 is 5.32 Å². The van der Waals surface area contributed by atoms with E-state index in [1.165, 1.54) is 45.3 Å². The van der Waals surface area contributed by atoms with Gasteiger partial charge in [0.25, 0.3) is 0 Å². The standard InChI is InChI=1S/C16H29N5S.HI/c1-14-19-15(13-22-14)12-20(3)16(17-2)18-8-4-5-9-21-10-6-7-11-21;/h13H,4-12H2,1-3H3,(H,17,18);1H. The third kappa shape index (κ3) is 7.34. The first-order valence-electron chi connectivity index (χ1n) is 8.24. The van der Waals surface area contributed by atoms with E-state index in [4.69, 9.17) is 0 Å². The van der Waals surface area contributed by atoms with E-state index in [1.54, 1.807) is 11.3 Å². The van der Waals surface area contributed by atoms with Crippen LogP contribution in [-0.2, 0) is 6.54 Å². The SMILES string of the molecule is CN=C(NCCCCN1CCCC1)N(C)Cc1csc(C)n1.I. The Bertz CT molecular complexity index is 471. The number of aliphatic imine (C=N–C) groups is 1. The molecule has 1 aromatic rings. The summed E-state index contributed by atoms with van der Waals surface area (Å²) in [6.45, 7) is 7.67. The minimum absolute atomic E-state index is 0. The Balaban J connectivity index is 0.00000264. The van der Waals surface area contributed by atoms with E-state index in [0.29, 0.717) is 0 Å². The summed E-state index contributed by atoms with van der Waals surface area (Å²) < 4.78 is 0. The molecule has 0 aliphatic carbocycles. The molecule has 1 aliphatic heterocycles. The van der Waals surface area contributed by atoms with Gasteiger partial charge in [0.15, 0.2) is 5.96 Å². The average Bonchev–Trinajstić information content (AvgIpc) is 3.14. The number of thiazole rings is 1. The summed E-state index contributed by atoms with van der Waals surface area (Å²) in [7, 11) is 3.91. The first-order chi connectivity index (χ1) is 10.7. The first-order valence-corrected chi connectivity index (χ1v) is 9.12. The number of nitrogens with one attached hydrogen (secondary N) is 1. The van der Waals surface area contributed by atoms with E-state index in [1.807, 2.05) is 14.0 Å². The Morgan fingerprint density at radius 2 is 2.13 bits per heavy atom. The Kier molecular flexibility index (Phi) is 10.0. The van der Waals surface area contributed by atoms with Crippen LogP contribution in [0.5, 0.6) is 0 Å². The maximum Gasteiger partial charge on any atom is 0.193 e. The van der Waals surface area contributed by atoms with Gasteiger partial charge in [-0.2, -0.15) is 0 Å². The van der Waals surface area contributed by atoms with Crippen molar-refractivity contribution in [2.45, 2.75) is 39.2 Å². The second-order valence-electron chi connectivity index (χ2n) is 5.94. The van der Waals surface area contributed by atoms with Crippen molar-refractivity contribution < 1.29 is 0 Å². The highest BCUT2D eigenvalue weighted by Crippen LogP contribution is 2.10. The van der Waals surface area contributed by atoms with E-state index >= 15 is 0 Å². The fourth-order valence-corrected chi connectivity index (χ4v) is 3.45. The summed E-state index contributed by atoms with van der Waals surface area (Å²) in [6.07, 6.45) is 5.22. The van der Waals surface area contributed by atoms with E-state index < -0.39 is 0 Å². The Hall–Kier alpha value is -0.410. The van der Waals surface area contributed by atoms with Crippen molar-refractivity contribution in [3.63, 3.8) is 0 Å². The summed E-state index contributed by atoms with van der Waals surface area (Å²) in [5, 5.41) is 6.69. The quantitative estimate of drug-likeness (QED) is 0.300. The molecule has 1 fully saturated rings. The third-order valence-electron chi connectivity index (χ3n) is 4.02. The smallest absolute Gasteiger partial charge is 0.193 e. The highest BCUT2D eigenvalue weighted by atomic mass is 127. The van der Waals surface area contributed by atoms with E-state index in [2.05, 4.69) is 37.5 Å². The molecule has 23 heavy (non-hydrogen) atoms. The van der Waals surface area contributed by atoms with Crippen molar-refractivity contribution >= 4 is 41.3 Å². The number of unbranched alkanes of at least 4 members (excludes halogenated alkanes) is 1. The van der Waals surface area contributed by atoms with Gasteiger partial charge in [0.05, 0.1) is 17.2 Å². The average molecular weight is 451 g/mol. The van der Waals surface area contributed by atoms with Crippen LogP contribution in [0.3, 0.4) is 0 Å². The number of aryl methyl sites for hydroxylation is 1. The number of aromatic nitrogens is 1. The first kappa shape index (κ1) is 20.6. The zero-order valence-corrected chi connectivity index (χ0v) is 17.7. The molecule has 0 bridgehead atoms. The number of rotatable bonds is 7. The van der Waals surface area contributed by atoms with Crippen LogP contribution in [0.25, 0.3) is 0 Å². The van der Waals surface area contributed by atoms with Crippen molar-refractivity contribution in [3.8, 4) is 0 Å². The molecule has 0 radical (unpaired) electrons. The van der Waals surface area contributed by atoms with E-state index in [0.717, 1.165) is 29.8 Å². The summed E-state index contributed by atoms with van der Waals surface area (Å²) in [5.41, 5.74) is 1.11. The summed E-state index contributed by atoms with van der Waals surface area (Å²) in [5.74, 6) is 0.951. The Morgan fingerprint density at radius 1 is 1.39 bits per heavy atom. The maximum atomic E-state index is 4.51. The van der Waals surface area contributed by atoms with Crippen molar-refractivity contribution in [2.24, 2.45) is 4.99 Å². The van der Waals surface area contributed by atoms with Crippen molar-refractivity contribution in [1.82, 2.24) is 20.1 Å². The minimum Gasteiger partial charge on any atom is -0.356 e. The lowest BCUT2D eigenvalue weighted by Gasteiger charge is -2.21. The molecule has 1 aromatic heterocycles. The number of halogens is 1. The molecular formula is C16H30IN5S. The van der Waals surface area contributed by atoms with Gasteiger partial charge in [0, 0.05) is 26.0 Å². The van der Waals surface area contributed by atoms with Crippen LogP contribution in [0.4, 0.5) is 0 Å². The van der Waals surface area contributed by atoms with Crippen molar-refractivity contribution in [1.29, 1.82) is 0 Å². The number of hydrogen-bond acceptors (Lipinski definition) is 4. The lowest BCUT2D eigenvalue weighted by Crippen LogP contribution is -2.39. The topological polar surface area (TPSA) is 43.8 Å². The highest BCUT2D eigenvalue weighted by Gasteiger charge is 2.11. The molecular weight excluding hydrogens is 421 g/mol. The van der Waals surface area contributed by atoms with Gasteiger partial charge in [-0.15, -0.1) is 35.3 Å². The van der Waals surface area contributed by atoms with Gasteiger partial charge in [-0.3, -0.25) is 4.99 Å². The molecule has 0 spiro atoms. The van der Waals surface area contributed by atoms with Gasteiger partial charge in [0.2, 0.25) is 0 Å². The monoisotopic (exact) mass is 451 g/mol. The zero-order valence-electron chi connectivity index (χ0n) is 14.5. The van der Waals surface area contributed by atoms with Crippen molar-refractivity contribution in [3.05, 3.63) is 16.1 Å². The van der Waals surface area contributed by atoms with Crippen LogP contribution in [0.1, 0.15) is 36.4 Å².